The number of allylic oxidation sites excluding steroid dienone is 4. The lowest BCUT2D eigenvalue weighted by Gasteiger charge is -2.13. The molecule has 2 rings (SSSR count). The van der Waals surface area contributed by atoms with Crippen LogP contribution >= 0.6 is 48.0 Å². The molecule has 0 saturated carbocycles. The van der Waals surface area contributed by atoms with Crippen LogP contribution in [0.25, 0.3) is 0 Å². The summed E-state index contributed by atoms with van der Waals surface area (Å²) < 4.78 is 0. The molecule has 2 heterocycles. The van der Waals surface area contributed by atoms with Crippen LogP contribution < -0.4 is 0 Å². The van der Waals surface area contributed by atoms with Crippen molar-refractivity contribution in [2.75, 3.05) is 0 Å². The van der Waals surface area contributed by atoms with Gasteiger partial charge in [0.15, 0.2) is 0 Å². The highest BCUT2D eigenvalue weighted by molar-refractivity contribution is 8.09. The van der Waals surface area contributed by atoms with E-state index in [2.05, 4.69) is 0 Å². The molecule has 0 N–H and O–H groups in total. The van der Waals surface area contributed by atoms with E-state index in [9.17, 15) is 4.79 Å². The third-order valence-electron chi connectivity index (χ3n) is 2.19. The zero-order chi connectivity index (χ0) is 13.1. The molecule has 0 atom stereocenters. The highest BCUT2D eigenvalue weighted by Gasteiger charge is 2.14. The van der Waals surface area contributed by atoms with Gasteiger partial charge in [0.05, 0.1) is 9.73 Å². The second kappa shape index (κ2) is 5.97. The number of hydrogen-bond acceptors (Lipinski definition) is 5. The molecule has 0 aromatic heterocycles. The first-order valence-electron chi connectivity index (χ1n) is 5.05. The van der Waals surface area contributed by atoms with Crippen molar-refractivity contribution in [1.82, 2.24) is 4.90 Å². The molecule has 0 aromatic carbocycles. The van der Waals surface area contributed by atoms with Gasteiger partial charge >= 0.3 is 0 Å². The summed E-state index contributed by atoms with van der Waals surface area (Å²) in [6, 6.07) is 0. The Morgan fingerprint density at radius 2 is 1.56 bits per heavy atom. The van der Waals surface area contributed by atoms with Crippen molar-refractivity contribution in [3.63, 3.8) is 0 Å². The first-order valence-corrected chi connectivity index (χ1v) is 7.63. The van der Waals surface area contributed by atoms with Crippen LogP contribution in [-0.4, -0.2) is 20.5 Å². The first-order chi connectivity index (χ1) is 8.58. The van der Waals surface area contributed by atoms with E-state index in [1.54, 1.807) is 12.4 Å². The molecule has 6 heteroatoms. The van der Waals surface area contributed by atoms with Crippen LogP contribution in [0.3, 0.4) is 0 Å². The standard InChI is InChI=1S/C12H9NOS4/c1-8(14)13(6-11-9(15)2-4-17-11)7-12-10(16)3-5-18-12/h2-7H,1H3. The Labute approximate surface area is 125 Å². The molecule has 2 aliphatic heterocycles. The molecule has 1 amide bonds. The van der Waals surface area contributed by atoms with Gasteiger partial charge in [-0.15, -0.1) is 0 Å². The van der Waals surface area contributed by atoms with Crippen LogP contribution in [0.2, 0.25) is 0 Å². The van der Waals surface area contributed by atoms with Crippen LogP contribution in [0.15, 0.2) is 45.2 Å². The molecule has 0 bridgehead atoms. The maximum Gasteiger partial charge on any atom is 0.227 e. The minimum Gasteiger partial charge on any atom is -0.293 e. The number of thioether (sulfide) groups is 2. The highest BCUT2D eigenvalue weighted by atomic mass is 32.2. The summed E-state index contributed by atoms with van der Waals surface area (Å²) in [7, 11) is 0. The molecule has 0 aromatic rings. The Morgan fingerprint density at radius 3 is 1.83 bits per heavy atom. The topological polar surface area (TPSA) is 20.3 Å². The highest BCUT2D eigenvalue weighted by Crippen LogP contribution is 2.29. The number of thiocarbonyl (C=S) groups is 2. The van der Waals surface area contributed by atoms with Crippen molar-refractivity contribution < 1.29 is 4.79 Å². The molecule has 2 nitrogen and oxygen atoms in total. The molecule has 92 valence electrons. The quantitative estimate of drug-likeness (QED) is 0.569. The van der Waals surface area contributed by atoms with Crippen LogP contribution in [0.5, 0.6) is 0 Å². The van der Waals surface area contributed by atoms with Gasteiger partial charge in [-0.25, -0.2) is 0 Å². The van der Waals surface area contributed by atoms with Crippen molar-refractivity contribution >= 4 is 63.6 Å². The molecule has 0 aliphatic carbocycles. The second-order valence-corrected chi connectivity index (χ2v) is 6.26. The van der Waals surface area contributed by atoms with E-state index < -0.39 is 0 Å². The van der Waals surface area contributed by atoms with Gasteiger partial charge in [0.2, 0.25) is 5.91 Å². The van der Waals surface area contributed by atoms with E-state index in [0.29, 0.717) is 0 Å². The van der Waals surface area contributed by atoms with Gasteiger partial charge in [0, 0.05) is 29.1 Å². The number of nitrogens with zero attached hydrogens (tertiary/aromatic N) is 1. The van der Waals surface area contributed by atoms with E-state index >= 15 is 0 Å². The maximum absolute atomic E-state index is 11.6. The van der Waals surface area contributed by atoms with Gasteiger partial charge in [-0.1, -0.05) is 48.0 Å². The number of carbonyl (C=O) groups is 1. The van der Waals surface area contributed by atoms with Gasteiger partial charge < -0.3 is 0 Å². The lowest BCUT2D eigenvalue weighted by Crippen LogP contribution is -2.18. The predicted molar refractivity (Wildman–Crippen MR) is 87.3 cm³/mol. The number of amides is 1. The second-order valence-electron chi connectivity index (χ2n) is 3.48. The Kier molecular flexibility index (Phi) is 4.55. The first kappa shape index (κ1) is 13.7. The minimum absolute atomic E-state index is 0.0689. The van der Waals surface area contributed by atoms with E-state index in [4.69, 9.17) is 24.4 Å². The normalized spacial score (nSPS) is 22.5. The number of hydrogen-bond donors (Lipinski definition) is 0. The van der Waals surface area contributed by atoms with Gasteiger partial charge in [0.25, 0.3) is 0 Å². The summed E-state index contributed by atoms with van der Waals surface area (Å²) in [6.07, 6.45) is 7.22. The summed E-state index contributed by atoms with van der Waals surface area (Å²) in [4.78, 5) is 16.5. The molecule has 0 unspecified atom stereocenters. The lowest BCUT2D eigenvalue weighted by atomic mass is 10.3. The molecule has 18 heavy (non-hydrogen) atoms. The Bertz CT molecular complexity index is 500. The summed E-state index contributed by atoms with van der Waals surface area (Å²) in [5.74, 6) is -0.0689. The molecule has 0 radical (unpaired) electrons. The summed E-state index contributed by atoms with van der Waals surface area (Å²) in [5.41, 5.74) is 0. The molecule has 2 aliphatic rings. The summed E-state index contributed by atoms with van der Waals surface area (Å²) in [5, 5.41) is 3.83. The van der Waals surface area contributed by atoms with E-state index in [1.165, 1.54) is 35.3 Å². The van der Waals surface area contributed by atoms with E-state index in [-0.39, 0.29) is 5.91 Å². The molecule has 0 fully saturated rings. The van der Waals surface area contributed by atoms with E-state index in [0.717, 1.165) is 19.5 Å². The van der Waals surface area contributed by atoms with Crippen molar-refractivity contribution in [1.29, 1.82) is 0 Å². The lowest BCUT2D eigenvalue weighted by molar-refractivity contribution is -0.124. The largest absolute Gasteiger partial charge is 0.293 e. The fourth-order valence-electron chi connectivity index (χ4n) is 1.28. The minimum atomic E-state index is -0.0689. The van der Waals surface area contributed by atoms with Crippen molar-refractivity contribution in [2.45, 2.75) is 6.92 Å². The van der Waals surface area contributed by atoms with Crippen molar-refractivity contribution in [3.05, 3.63) is 45.2 Å². The molecule has 0 saturated heterocycles. The number of rotatable bonds is 2. The van der Waals surface area contributed by atoms with Crippen LogP contribution in [0, 0.1) is 0 Å². The fraction of sp³-hybridized carbons (Fsp3) is 0.0833. The fourth-order valence-corrected chi connectivity index (χ4v) is 3.40. The predicted octanol–water partition coefficient (Wildman–Crippen LogP) is 3.78. The molecular formula is C12H9NOS4. The van der Waals surface area contributed by atoms with Crippen molar-refractivity contribution in [2.24, 2.45) is 0 Å². The average molecular weight is 311 g/mol. The van der Waals surface area contributed by atoms with Gasteiger partial charge in [0.1, 0.15) is 0 Å². The summed E-state index contributed by atoms with van der Waals surface area (Å²) in [6.45, 7) is 1.51. The van der Waals surface area contributed by atoms with Crippen molar-refractivity contribution in [3.8, 4) is 0 Å². The van der Waals surface area contributed by atoms with Gasteiger partial charge in [-0.3, -0.25) is 9.69 Å². The van der Waals surface area contributed by atoms with E-state index in [1.807, 2.05) is 23.0 Å². The Hall–Kier alpha value is -0.690. The third-order valence-corrected chi connectivity index (χ3v) is 4.86. The SMILES string of the molecule is CC(=O)N(C=C1SC=CC1=S)C=C1SC=CC1=S. The average Bonchev–Trinajstić information content (AvgIpc) is 2.88. The third kappa shape index (κ3) is 3.20. The monoisotopic (exact) mass is 311 g/mol. The zero-order valence-electron chi connectivity index (χ0n) is 9.45. The van der Waals surface area contributed by atoms with Gasteiger partial charge in [-0.05, 0) is 23.0 Å². The number of carbonyl (C=O) groups excluding carboxylic acids is 1. The smallest absolute Gasteiger partial charge is 0.227 e. The Morgan fingerprint density at radius 1 is 1.11 bits per heavy atom. The summed E-state index contributed by atoms with van der Waals surface area (Å²) >= 11 is 13.4. The zero-order valence-corrected chi connectivity index (χ0v) is 12.7. The van der Waals surface area contributed by atoms with Gasteiger partial charge in [-0.2, -0.15) is 0 Å². The molecular weight excluding hydrogens is 302 g/mol. The maximum atomic E-state index is 11.6. The van der Waals surface area contributed by atoms with Crippen LogP contribution in [0.4, 0.5) is 0 Å². The Balaban J connectivity index is 2.23. The van der Waals surface area contributed by atoms with Crippen LogP contribution in [0.1, 0.15) is 6.92 Å². The molecule has 0 spiro atoms. The van der Waals surface area contributed by atoms with Crippen LogP contribution in [-0.2, 0) is 4.79 Å².